The fraction of sp³-hybridized carbons (Fsp3) is 0.571. The Balaban J connectivity index is 2.09. The smallest absolute Gasteiger partial charge is 0.127 e. The summed E-state index contributed by atoms with van der Waals surface area (Å²) >= 11 is 3.27. The number of hydrogen-bond donors (Lipinski definition) is 1. The summed E-state index contributed by atoms with van der Waals surface area (Å²) in [6.07, 6.45) is 4.98. The van der Waals surface area contributed by atoms with Gasteiger partial charge in [-0.15, -0.1) is 0 Å². The molecule has 1 aliphatic rings. The number of nitrogens with two attached hydrogens (primary N) is 1. The van der Waals surface area contributed by atoms with Crippen molar-refractivity contribution in [3.8, 4) is 0 Å². The first-order valence-corrected chi connectivity index (χ1v) is 7.01. The molecular weight excluding hydrogens is 281 g/mol. The topological polar surface area (TPSA) is 26.0 Å². The molecule has 0 heterocycles. The van der Waals surface area contributed by atoms with Gasteiger partial charge in [-0.2, -0.15) is 0 Å². The Labute approximate surface area is 111 Å². The van der Waals surface area contributed by atoms with Gasteiger partial charge in [0.1, 0.15) is 5.82 Å². The maximum Gasteiger partial charge on any atom is 0.127 e. The lowest BCUT2D eigenvalue weighted by atomic mass is 9.74. The van der Waals surface area contributed by atoms with Crippen molar-refractivity contribution >= 4 is 15.9 Å². The Kier molecular flexibility index (Phi) is 3.88. The molecule has 0 atom stereocenters. The molecule has 94 valence electrons. The van der Waals surface area contributed by atoms with Crippen LogP contribution >= 0.6 is 15.9 Å². The highest BCUT2D eigenvalue weighted by Gasteiger charge is 2.30. The summed E-state index contributed by atoms with van der Waals surface area (Å²) in [6, 6.07) is 5.24. The molecule has 1 saturated carbocycles. The van der Waals surface area contributed by atoms with Crippen molar-refractivity contribution in [1.29, 1.82) is 0 Å². The van der Waals surface area contributed by atoms with Gasteiger partial charge in [0, 0.05) is 10.0 Å². The maximum absolute atomic E-state index is 13.8. The first kappa shape index (κ1) is 13.0. The van der Waals surface area contributed by atoms with Crippen molar-refractivity contribution in [3.05, 3.63) is 34.1 Å². The predicted octanol–water partition coefficient (Wildman–Crippen LogP) is 4.04. The van der Waals surface area contributed by atoms with Gasteiger partial charge in [0.15, 0.2) is 0 Å². The molecule has 0 bridgehead atoms. The van der Waals surface area contributed by atoms with Crippen LogP contribution in [0.5, 0.6) is 0 Å². The zero-order chi connectivity index (χ0) is 12.5. The first-order chi connectivity index (χ1) is 7.98. The Morgan fingerprint density at radius 2 is 2.06 bits per heavy atom. The van der Waals surface area contributed by atoms with Crippen molar-refractivity contribution in [1.82, 2.24) is 0 Å². The largest absolute Gasteiger partial charge is 0.325 e. The number of halogens is 2. The minimum Gasteiger partial charge on any atom is -0.325 e. The molecular formula is C14H19BrFN. The molecule has 17 heavy (non-hydrogen) atoms. The normalized spacial score (nSPS) is 29.3. The summed E-state index contributed by atoms with van der Waals surface area (Å²) in [7, 11) is 0. The zero-order valence-electron chi connectivity index (χ0n) is 10.2. The average Bonchev–Trinajstić information content (AvgIpc) is 2.27. The molecule has 3 heteroatoms. The van der Waals surface area contributed by atoms with Crippen molar-refractivity contribution in [2.45, 2.75) is 44.6 Å². The number of rotatable bonds is 2. The highest BCUT2D eigenvalue weighted by molar-refractivity contribution is 9.10. The van der Waals surface area contributed by atoms with Crippen LogP contribution in [0.25, 0.3) is 0 Å². The number of hydrogen-bond acceptors (Lipinski definition) is 1. The van der Waals surface area contributed by atoms with Crippen molar-refractivity contribution in [2.24, 2.45) is 11.7 Å². The third-order valence-corrected chi connectivity index (χ3v) is 4.32. The lowest BCUT2D eigenvalue weighted by Crippen LogP contribution is -2.45. The maximum atomic E-state index is 13.8. The van der Waals surface area contributed by atoms with Crippen LogP contribution in [0.3, 0.4) is 0 Å². The van der Waals surface area contributed by atoms with Crippen molar-refractivity contribution < 1.29 is 4.39 Å². The molecule has 0 unspecified atom stereocenters. The van der Waals surface area contributed by atoms with Gasteiger partial charge in [0.2, 0.25) is 0 Å². The second-order valence-corrected chi connectivity index (χ2v) is 6.37. The molecule has 1 aromatic carbocycles. The summed E-state index contributed by atoms with van der Waals surface area (Å²) in [5.74, 6) is 0.615. The van der Waals surface area contributed by atoms with E-state index in [1.54, 1.807) is 0 Å². The van der Waals surface area contributed by atoms with Crippen LogP contribution in [-0.4, -0.2) is 5.54 Å². The molecule has 2 N–H and O–H groups in total. The average molecular weight is 300 g/mol. The van der Waals surface area contributed by atoms with E-state index in [0.29, 0.717) is 6.42 Å². The third-order valence-electron chi connectivity index (χ3n) is 3.83. The summed E-state index contributed by atoms with van der Waals surface area (Å²) < 4.78 is 14.5. The van der Waals surface area contributed by atoms with Crippen molar-refractivity contribution in [3.63, 3.8) is 0 Å². The van der Waals surface area contributed by atoms with Gasteiger partial charge in [0.25, 0.3) is 0 Å². The van der Waals surface area contributed by atoms with E-state index in [-0.39, 0.29) is 11.4 Å². The molecule has 1 fully saturated rings. The second-order valence-electron chi connectivity index (χ2n) is 5.46. The highest BCUT2D eigenvalue weighted by Crippen LogP contribution is 2.33. The highest BCUT2D eigenvalue weighted by atomic mass is 79.9. The Hall–Kier alpha value is -0.410. The summed E-state index contributed by atoms with van der Waals surface area (Å²) in [5.41, 5.74) is 6.92. The van der Waals surface area contributed by atoms with E-state index < -0.39 is 0 Å². The van der Waals surface area contributed by atoms with E-state index in [1.165, 1.54) is 6.07 Å². The van der Waals surface area contributed by atoms with Crippen LogP contribution in [-0.2, 0) is 6.42 Å². The fourth-order valence-electron chi connectivity index (χ4n) is 2.56. The lowest BCUT2D eigenvalue weighted by Gasteiger charge is -2.36. The van der Waals surface area contributed by atoms with Gasteiger partial charge in [-0.1, -0.05) is 28.9 Å². The third kappa shape index (κ3) is 3.29. The van der Waals surface area contributed by atoms with Gasteiger partial charge in [0.05, 0.1) is 0 Å². The molecule has 1 aliphatic carbocycles. The van der Waals surface area contributed by atoms with Gasteiger partial charge < -0.3 is 5.73 Å². The minimum absolute atomic E-state index is 0.150. The Morgan fingerprint density at radius 1 is 1.41 bits per heavy atom. The van der Waals surface area contributed by atoms with E-state index in [4.69, 9.17) is 5.73 Å². The molecule has 1 nitrogen and oxygen atoms in total. The second kappa shape index (κ2) is 5.07. The molecule has 0 aliphatic heterocycles. The van der Waals surface area contributed by atoms with Gasteiger partial charge in [-0.3, -0.25) is 0 Å². The van der Waals surface area contributed by atoms with Crippen LogP contribution < -0.4 is 5.73 Å². The first-order valence-electron chi connectivity index (χ1n) is 6.21. The number of benzene rings is 1. The van der Waals surface area contributed by atoms with E-state index >= 15 is 0 Å². The Bertz CT molecular complexity index is 397. The summed E-state index contributed by atoms with van der Waals surface area (Å²) in [4.78, 5) is 0. The van der Waals surface area contributed by atoms with E-state index in [1.807, 2.05) is 12.1 Å². The summed E-state index contributed by atoms with van der Waals surface area (Å²) in [6.45, 7) is 2.26. The van der Waals surface area contributed by atoms with E-state index in [9.17, 15) is 4.39 Å². The standard InChI is InChI=1S/C14H19BrFN/c1-10-4-6-14(17,7-5-10)9-11-2-3-12(15)8-13(11)16/h2-3,8,10H,4-7,9,17H2,1H3. The SMILES string of the molecule is CC1CCC(N)(Cc2ccc(Br)cc2F)CC1. The molecule has 0 spiro atoms. The fourth-order valence-corrected chi connectivity index (χ4v) is 2.89. The molecule has 2 rings (SSSR count). The van der Waals surface area contributed by atoms with E-state index in [0.717, 1.165) is 41.6 Å². The lowest BCUT2D eigenvalue weighted by molar-refractivity contribution is 0.242. The van der Waals surface area contributed by atoms with Gasteiger partial charge in [-0.05, 0) is 55.7 Å². The van der Waals surface area contributed by atoms with E-state index in [2.05, 4.69) is 22.9 Å². The zero-order valence-corrected chi connectivity index (χ0v) is 11.8. The molecule has 0 radical (unpaired) electrons. The van der Waals surface area contributed by atoms with Crippen LogP contribution in [0, 0.1) is 11.7 Å². The molecule has 0 saturated heterocycles. The molecule has 0 aromatic heterocycles. The van der Waals surface area contributed by atoms with Crippen LogP contribution in [0.2, 0.25) is 0 Å². The molecule has 1 aromatic rings. The van der Waals surface area contributed by atoms with Crippen LogP contribution in [0.1, 0.15) is 38.2 Å². The van der Waals surface area contributed by atoms with Crippen LogP contribution in [0.4, 0.5) is 4.39 Å². The van der Waals surface area contributed by atoms with Gasteiger partial charge in [-0.25, -0.2) is 4.39 Å². The molecule has 0 amide bonds. The van der Waals surface area contributed by atoms with Crippen molar-refractivity contribution in [2.75, 3.05) is 0 Å². The van der Waals surface area contributed by atoms with Gasteiger partial charge >= 0.3 is 0 Å². The van der Waals surface area contributed by atoms with Crippen LogP contribution in [0.15, 0.2) is 22.7 Å². The Morgan fingerprint density at radius 3 is 2.65 bits per heavy atom. The minimum atomic E-state index is -0.207. The summed E-state index contributed by atoms with van der Waals surface area (Å²) in [5, 5.41) is 0. The monoisotopic (exact) mass is 299 g/mol. The predicted molar refractivity (Wildman–Crippen MR) is 72.4 cm³/mol. The quantitative estimate of drug-likeness (QED) is 0.876.